The number of benzene rings is 2. The third-order valence-corrected chi connectivity index (χ3v) is 10.8. The van der Waals surface area contributed by atoms with Crippen molar-refractivity contribution in [2.45, 2.75) is 64.3 Å². The predicted octanol–water partition coefficient (Wildman–Crippen LogP) is 5.38. The number of nitrogens with zero attached hydrogens (tertiary/aromatic N) is 4. The third kappa shape index (κ3) is 5.74. The van der Waals surface area contributed by atoms with E-state index in [1.54, 1.807) is 36.6 Å². The summed E-state index contributed by atoms with van der Waals surface area (Å²) < 4.78 is 43.8. The lowest BCUT2D eigenvalue weighted by atomic mass is 9.93. The van der Waals surface area contributed by atoms with E-state index in [-0.39, 0.29) is 35.5 Å². The van der Waals surface area contributed by atoms with E-state index in [1.807, 2.05) is 30.0 Å². The first-order valence-electron chi connectivity index (χ1n) is 15.6. The molecular formula is C34H36FN5O4S. The van der Waals surface area contributed by atoms with Gasteiger partial charge in [0.15, 0.2) is 5.65 Å². The molecule has 2 aromatic heterocycles. The van der Waals surface area contributed by atoms with Gasteiger partial charge in [-0.15, -0.1) is 0 Å². The van der Waals surface area contributed by atoms with Crippen molar-refractivity contribution in [2.24, 2.45) is 11.8 Å². The molecular weight excluding hydrogens is 593 g/mol. The van der Waals surface area contributed by atoms with Crippen molar-refractivity contribution >= 4 is 27.5 Å². The fourth-order valence-corrected chi connectivity index (χ4v) is 8.06. The number of hydrogen-bond donors (Lipinski definition) is 1. The van der Waals surface area contributed by atoms with Crippen molar-refractivity contribution < 1.29 is 22.4 Å². The van der Waals surface area contributed by atoms with Crippen molar-refractivity contribution in [2.75, 3.05) is 12.3 Å². The highest BCUT2D eigenvalue weighted by molar-refractivity contribution is 7.90. The average Bonchev–Trinajstić information content (AvgIpc) is 3.92. The molecule has 0 spiro atoms. The van der Waals surface area contributed by atoms with Crippen LogP contribution < -0.4 is 4.72 Å². The van der Waals surface area contributed by atoms with Gasteiger partial charge in [-0.3, -0.25) is 14.3 Å². The smallest absolute Gasteiger partial charge is 0.273 e. The van der Waals surface area contributed by atoms with Crippen LogP contribution in [0.1, 0.15) is 90.8 Å². The number of hydrogen-bond acceptors (Lipinski definition) is 6. The van der Waals surface area contributed by atoms with E-state index >= 15 is 4.39 Å². The molecule has 0 radical (unpaired) electrons. The molecule has 0 bridgehead atoms. The summed E-state index contributed by atoms with van der Waals surface area (Å²) >= 11 is 0. The molecule has 9 nitrogen and oxygen atoms in total. The van der Waals surface area contributed by atoms with Crippen LogP contribution in [0.3, 0.4) is 0 Å². The van der Waals surface area contributed by atoms with E-state index in [0.717, 1.165) is 30.5 Å². The molecule has 0 unspecified atom stereocenters. The second-order valence-corrected chi connectivity index (χ2v) is 14.9. The molecule has 2 saturated carbocycles. The van der Waals surface area contributed by atoms with E-state index in [9.17, 15) is 18.0 Å². The second kappa shape index (κ2) is 11.0. The number of carbonyl (C=O) groups is 2. The highest BCUT2D eigenvalue weighted by Gasteiger charge is 2.45. The Bertz CT molecular complexity index is 1950. The monoisotopic (exact) mass is 629 g/mol. The van der Waals surface area contributed by atoms with Gasteiger partial charge in [-0.05, 0) is 79.3 Å². The molecule has 2 fully saturated rings. The predicted molar refractivity (Wildman–Crippen MR) is 168 cm³/mol. The van der Waals surface area contributed by atoms with Gasteiger partial charge in [-0.25, -0.2) is 22.3 Å². The number of halogens is 1. The maximum atomic E-state index is 15.6. The number of rotatable bonds is 8. The first kappa shape index (κ1) is 29.6. The summed E-state index contributed by atoms with van der Waals surface area (Å²) in [6.07, 6.45) is 3.24. The highest BCUT2D eigenvalue weighted by atomic mass is 32.2. The van der Waals surface area contributed by atoms with Crippen LogP contribution in [0.15, 0.2) is 54.6 Å². The summed E-state index contributed by atoms with van der Waals surface area (Å²) in [6.45, 7) is 6.20. The fraction of sp³-hybridized carbons (Fsp3) is 0.412. The Morgan fingerprint density at radius 1 is 1.09 bits per heavy atom. The number of aromatic nitrogens is 3. The lowest BCUT2D eigenvalue weighted by Gasteiger charge is -2.35. The minimum atomic E-state index is -3.70. The molecule has 234 valence electrons. The summed E-state index contributed by atoms with van der Waals surface area (Å²) in [5.74, 6) is -1.88. The van der Waals surface area contributed by atoms with E-state index in [2.05, 4.69) is 16.9 Å². The zero-order valence-electron chi connectivity index (χ0n) is 25.5. The third-order valence-electron chi connectivity index (χ3n) is 9.16. The lowest BCUT2D eigenvalue weighted by molar-refractivity contribution is -0.120. The van der Waals surface area contributed by atoms with E-state index in [1.165, 1.54) is 11.6 Å². The van der Waals surface area contributed by atoms with Crippen molar-refractivity contribution in [1.82, 2.24) is 24.2 Å². The van der Waals surface area contributed by atoms with Crippen LogP contribution in [0.5, 0.6) is 0 Å². The Morgan fingerprint density at radius 3 is 2.60 bits per heavy atom. The SMILES string of the molecule is CC(C)CS(=O)(=O)NC(=O)[C@H]1C[C@@H]1c1ccc(-c2cc3nc(C(=O)N4CCc5ccccc5[C@H]4C)cc(C4CC4)n3n2)c(F)c1. The van der Waals surface area contributed by atoms with Crippen LogP contribution in [0.2, 0.25) is 0 Å². The zero-order chi connectivity index (χ0) is 31.6. The molecule has 2 amide bonds. The summed E-state index contributed by atoms with van der Waals surface area (Å²) in [7, 11) is -3.70. The molecule has 11 heteroatoms. The Morgan fingerprint density at radius 2 is 1.87 bits per heavy atom. The van der Waals surface area contributed by atoms with E-state index in [4.69, 9.17) is 10.1 Å². The minimum Gasteiger partial charge on any atom is -0.330 e. The number of nitrogens with one attached hydrogen (secondary N) is 1. The van der Waals surface area contributed by atoms with E-state index < -0.39 is 27.7 Å². The van der Waals surface area contributed by atoms with Gasteiger partial charge in [0.25, 0.3) is 5.91 Å². The van der Waals surface area contributed by atoms with Gasteiger partial charge in [-0.2, -0.15) is 5.10 Å². The molecule has 2 aliphatic carbocycles. The number of fused-ring (bicyclic) bond motifs is 2. The van der Waals surface area contributed by atoms with Gasteiger partial charge in [0.2, 0.25) is 15.9 Å². The molecule has 2 aromatic carbocycles. The van der Waals surface area contributed by atoms with Crippen LogP contribution in [-0.2, 0) is 21.2 Å². The largest absolute Gasteiger partial charge is 0.330 e. The van der Waals surface area contributed by atoms with Gasteiger partial charge in [0.05, 0.1) is 17.5 Å². The molecule has 1 aliphatic heterocycles. The first-order valence-corrected chi connectivity index (χ1v) is 17.3. The zero-order valence-corrected chi connectivity index (χ0v) is 26.4. The lowest BCUT2D eigenvalue weighted by Crippen LogP contribution is -2.39. The normalized spacial score (nSPS) is 21.2. The molecule has 7 rings (SSSR count). The maximum Gasteiger partial charge on any atom is 0.273 e. The van der Waals surface area contributed by atoms with Gasteiger partial charge in [0, 0.05) is 35.7 Å². The van der Waals surface area contributed by atoms with Gasteiger partial charge < -0.3 is 4.90 Å². The topological polar surface area (TPSA) is 114 Å². The second-order valence-electron chi connectivity index (χ2n) is 13.1. The first-order chi connectivity index (χ1) is 21.5. The average molecular weight is 630 g/mol. The Labute approximate surface area is 261 Å². The van der Waals surface area contributed by atoms with Crippen molar-refractivity contribution in [3.8, 4) is 11.3 Å². The highest BCUT2D eigenvalue weighted by Crippen LogP contribution is 2.48. The minimum absolute atomic E-state index is 0.0699. The van der Waals surface area contributed by atoms with Crippen LogP contribution in [0.4, 0.5) is 4.39 Å². The van der Waals surface area contributed by atoms with Crippen molar-refractivity contribution in [1.29, 1.82) is 0 Å². The summed E-state index contributed by atoms with van der Waals surface area (Å²) in [5, 5.41) is 4.72. The maximum absolute atomic E-state index is 15.6. The van der Waals surface area contributed by atoms with Crippen LogP contribution in [0.25, 0.3) is 16.9 Å². The summed E-state index contributed by atoms with van der Waals surface area (Å²) in [6, 6.07) is 16.5. The molecule has 3 aliphatic rings. The van der Waals surface area contributed by atoms with Crippen LogP contribution >= 0.6 is 0 Å². The summed E-state index contributed by atoms with van der Waals surface area (Å²) in [5.41, 5.74) is 5.52. The number of carbonyl (C=O) groups excluding carboxylic acids is 2. The molecule has 3 atom stereocenters. The quantitative estimate of drug-likeness (QED) is 0.280. The molecule has 3 heterocycles. The van der Waals surface area contributed by atoms with Crippen molar-refractivity contribution in [3.63, 3.8) is 0 Å². The van der Waals surface area contributed by atoms with Gasteiger partial charge >= 0.3 is 0 Å². The summed E-state index contributed by atoms with van der Waals surface area (Å²) in [4.78, 5) is 33.0. The molecule has 0 saturated heterocycles. The standard InChI is InChI=1S/C34H36FN5O4S/c1-19(2)18-45(43,44)38-33(41)27-15-26(27)23-10-11-25(28(35)14-23)29-17-32-36-30(16-31(22-8-9-22)40(32)37-29)34(42)39-13-12-21-6-4-5-7-24(21)20(39)3/h4-7,10-11,14,16-17,19-20,22,26-27H,8-9,12-13,15,18H2,1-3H3,(H,38,41)/t20-,26-,27+/m1/s1. The van der Waals surface area contributed by atoms with Crippen molar-refractivity contribution in [3.05, 3.63) is 88.5 Å². The number of amides is 2. The number of sulfonamides is 1. The molecule has 45 heavy (non-hydrogen) atoms. The molecule has 4 aromatic rings. The van der Waals surface area contributed by atoms with Crippen LogP contribution in [0, 0.1) is 17.7 Å². The Kier molecular flexibility index (Phi) is 7.26. The van der Waals surface area contributed by atoms with Gasteiger partial charge in [-0.1, -0.05) is 44.2 Å². The molecule has 1 N–H and O–H groups in total. The Hall–Kier alpha value is -4.12. The van der Waals surface area contributed by atoms with Gasteiger partial charge in [0.1, 0.15) is 11.5 Å². The fourth-order valence-electron chi connectivity index (χ4n) is 6.64. The van der Waals surface area contributed by atoms with E-state index in [0.29, 0.717) is 41.1 Å². The van der Waals surface area contributed by atoms with Crippen LogP contribution in [-0.4, -0.2) is 52.0 Å². The Balaban J connectivity index is 1.13.